The molecule has 2 unspecified atom stereocenters. The number of ether oxygens (including phenoxy) is 1. The van der Waals surface area contributed by atoms with Crippen molar-refractivity contribution in [1.29, 1.82) is 0 Å². The maximum Gasteiger partial charge on any atom is 0.226 e. The van der Waals surface area contributed by atoms with Gasteiger partial charge in [-0.15, -0.1) is 0 Å². The van der Waals surface area contributed by atoms with Crippen molar-refractivity contribution < 1.29 is 14.3 Å². The van der Waals surface area contributed by atoms with E-state index in [1.165, 1.54) is 0 Å². The van der Waals surface area contributed by atoms with Crippen LogP contribution in [0.1, 0.15) is 24.8 Å². The summed E-state index contributed by atoms with van der Waals surface area (Å²) in [5.74, 6) is 0.825. The topological polar surface area (TPSA) is 58.6 Å². The molecule has 2 aliphatic rings. The van der Waals surface area contributed by atoms with Crippen molar-refractivity contribution in [3.8, 4) is 5.75 Å². The average Bonchev–Trinajstić information content (AvgIpc) is 3.19. The van der Waals surface area contributed by atoms with E-state index in [-0.39, 0.29) is 23.7 Å². The van der Waals surface area contributed by atoms with E-state index in [4.69, 9.17) is 4.74 Å². The van der Waals surface area contributed by atoms with Gasteiger partial charge in [0.05, 0.1) is 18.9 Å². The lowest BCUT2D eigenvalue weighted by atomic mass is 10.1. The third kappa shape index (κ3) is 3.84. The van der Waals surface area contributed by atoms with Crippen molar-refractivity contribution in [1.82, 2.24) is 10.2 Å². The van der Waals surface area contributed by atoms with Crippen molar-refractivity contribution >= 4 is 11.8 Å². The number of amides is 2. The highest BCUT2D eigenvalue weighted by Gasteiger charge is 2.49. The molecule has 0 radical (unpaired) electrons. The Hall–Kier alpha value is -2.04. The molecule has 2 amide bonds. The van der Waals surface area contributed by atoms with Crippen LogP contribution in [0.15, 0.2) is 24.3 Å². The lowest BCUT2D eigenvalue weighted by Gasteiger charge is -2.14. The van der Waals surface area contributed by atoms with Gasteiger partial charge in [-0.25, -0.2) is 0 Å². The molecular formula is C18H24N2O3. The van der Waals surface area contributed by atoms with Gasteiger partial charge in [-0.1, -0.05) is 12.1 Å². The first-order valence-electron chi connectivity index (χ1n) is 8.38. The van der Waals surface area contributed by atoms with Crippen molar-refractivity contribution in [3.05, 3.63) is 29.8 Å². The third-order valence-corrected chi connectivity index (χ3v) is 4.71. The number of rotatable bonds is 6. The number of likely N-dealkylation sites (tertiary alicyclic amines) is 1. The first-order valence-corrected chi connectivity index (χ1v) is 8.38. The summed E-state index contributed by atoms with van der Waals surface area (Å²) < 4.78 is 5.19. The van der Waals surface area contributed by atoms with E-state index in [1.54, 1.807) is 7.11 Å². The van der Waals surface area contributed by atoms with Gasteiger partial charge in [-0.05, 0) is 43.4 Å². The summed E-state index contributed by atoms with van der Waals surface area (Å²) in [5.41, 5.74) is 1.13. The van der Waals surface area contributed by atoms with Gasteiger partial charge in [0.25, 0.3) is 0 Å². The summed E-state index contributed by atoms with van der Waals surface area (Å²) in [6.07, 6.45) is 3.66. The van der Waals surface area contributed by atoms with Crippen molar-refractivity contribution in [2.45, 2.75) is 25.7 Å². The highest BCUT2D eigenvalue weighted by molar-refractivity contribution is 5.92. The fourth-order valence-electron chi connectivity index (χ4n) is 3.22. The maximum atomic E-state index is 12.2. The van der Waals surface area contributed by atoms with Crippen LogP contribution in [-0.4, -0.2) is 43.5 Å². The van der Waals surface area contributed by atoms with Gasteiger partial charge < -0.3 is 15.0 Å². The van der Waals surface area contributed by atoms with E-state index in [0.717, 1.165) is 43.7 Å². The molecule has 1 saturated heterocycles. The van der Waals surface area contributed by atoms with Crippen LogP contribution in [0.5, 0.6) is 5.75 Å². The van der Waals surface area contributed by atoms with Crippen molar-refractivity contribution in [2.24, 2.45) is 11.8 Å². The Morgan fingerprint density at radius 3 is 2.78 bits per heavy atom. The minimum Gasteiger partial charge on any atom is -0.497 e. The maximum absolute atomic E-state index is 12.2. The molecule has 1 aromatic carbocycles. The average molecular weight is 316 g/mol. The molecule has 1 N–H and O–H groups in total. The van der Waals surface area contributed by atoms with Crippen LogP contribution in [0.2, 0.25) is 0 Å². The van der Waals surface area contributed by atoms with Crippen molar-refractivity contribution in [3.63, 3.8) is 0 Å². The number of benzene rings is 1. The molecule has 0 bridgehead atoms. The number of nitrogens with zero attached hydrogens (tertiary/aromatic N) is 1. The van der Waals surface area contributed by atoms with E-state index in [1.807, 2.05) is 29.2 Å². The lowest BCUT2D eigenvalue weighted by molar-refractivity contribution is -0.133. The zero-order valence-corrected chi connectivity index (χ0v) is 13.6. The molecule has 1 aromatic rings. The predicted octanol–water partition coefficient (Wildman–Crippen LogP) is 1.61. The first-order chi connectivity index (χ1) is 11.2. The Morgan fingerprint density at radius 2 is 2.04 bits per heavy atom. The number of hydrogen-bond donors (Lipinski definition) is 1. The molecule has 1 saturated carbocycles. The fraction of sp³-hybridized carbons (Fsp3) is 0.556. The van der Waals surface area contributed by atoms with Crippen LogP contribution in [0.3, 0.4) is 0 Å². The van der Waals surface area contributed by atoms with Crippen LogP contribution in [0.4, 0.5) is 0 Å². The van der Waals surface area contributed by atoms with Crippen molar-refractivity contribution in [2.75, 3.05) is 26.7 Å². The Morgan fingerprint density at radius 1 is 1.26 bits per heavy atom. The molecule has 23 heavy (non-hydrogen) atoms. The number of nitrogens with one attached hydrogen (secondary N) is 1. The molecule has 0 aromatic heterocycles. The van der Waals surface area contributed by atoms with Gasteiger partial charge in [0.15, 0.2) is 0 Å². The van der Waals surface area contributed by atoms with Gasteiger partial charge in [0.2, 0.25) is 11.8 Å². The molecule has 5 nitrogen and oxygen atoms in total. The number of carbonyl (C=O) groups is 2. The zero-order valence-electron chi connectivity index (χ0n) is 13.6. The first kappa shape index (κ1) is 15.8. The summed E-state index contributed by atoms with van der Waals surface area (Å²) >= 11 is 0. The number of carbonyl (C=O) groups excluding carboxylic acids is 2. The van der Waals surface area contributed by atoms with Gasteiger partial charge in [-0.3, -0.25) is 9.59 Å². The molecule has 2 fully saturated rings. The van der Waals surface area contributed by atoms with Gasteiger partial charge in [-0.2, -0.15) is 0 Å². The Bertz CT molecular complexity index is 581. The fourth-order valence-corrected chi connectivity index (χ4v) is 3.22. The lowest BCUT2D eigenvalue weighted by Crippen LogP contribution is -2.32. The molecule has 5 heteroatoms. The van der Waals surface area contributed by atoms with Gasteiger partial charge >= 0.3 is 0 Å². The zero-order chi connectivity index (χ0) is 16.2. The van der Waals surface area contributed by atoms with Crippen LogP contribution in [0.25, 0.3) is 0 Å². The second-order valence-electron chi connectivity index (χ2n) is 6.37. The molecule has 0 spiro atoms. The Balaban J connectivity index is 1.41. The van der Waals surface area contributed by atoms with Crippen LogP contribution in [-0.2, 0) is 16.0 Å². The minimum atomic E-state index is -0.117. The second kappa shape index (κ2) is 7.02. The highest BCUT2D eigenvalue weighted by Crippen LogP contribution is 2.40. The molecule has 2 atom stereocenters. The molecule has 1 aliphatic heterocycles. The molecule has 1 heterocycles. The third-order valence-electron chi connectivity index (χ3n) is 4.71. The largest absolute Gasteiger partial charge is 0.497 e. The smallest absolute Gasteiger partial charge is 0.226 e. The molecule has 1 aliphatic carbocycles. The molecular weight excluding hydrogens is 292 g/mol. The second-order valence-corrected chi connectivity index (χ2v) is 6.37. The SMILES string of the molecule is COc1cccc(CCNC(=O)C2CC2C(=O)N2CCCC2)c1. The normalized spacial score (nSPS) is 22.7. The van der Waals surface area contributed by atoms with Gasteiger partial charge in [0, 0.05) is 19.6 Å². The van der Waals surface area contributed by atoms with Crippen LogP contribution >= 0.6 is 0 Å². The minimum absolute atomic E-state index is 0.0189. The van der Waals surface area contributed by atoms with E-state index < -0.39 is 0 Å². The summed E-state index contributed by atoms with van der Waals surface area (Å²) in [7, 11) is 1.64. The predicted molar refractivity (Wildman–Crippen MR) is 87.1 cm³/mol. The number of hydrogen-bond acceptors (Lipinski definition) is 3. The summed E-state index contributed by atoms with van der Waals surface area (Å²) in [4.78, 5) is 26.3. The van der Waals surface area contributed by atoms with E-state index in [2.05, 4.69) is 5.32 Å². The Labute approximate surface area is 137 Å². The summed E-state index contributed by atoms with van der Waals surface area (Å²) in [6.45, 7) is 2.31. The van der Waals surface area contributed by atoms with Crippen LogP contribution in [0, 0.1) is 11.8 Å². The molecule has 124 valence electrons. The highest BCUT2D eigenvalue weighted by atomic mass is 16.5. The summed E-state index contributed by atoms with van der Waals surface area (Å²) in [6, 6.07) is 7.84. The van der Waals surface area contributed by atoms with Crippen LogP contribution < -0.4 is 10.1 Å². The van der Waals surface area contributed by atoms with Gasteiger partial charge in [0.1, 0.15) is 5.75 Å². The number of methoxy groups -OCH3 is 1. The van der Waals surface area contributed by atoms with E-state index in [0.29, 0.717) is 13.0 Å². The van der Waals surface area contributed by atoms with E-state index >= 15 is 0 Å². The Kier molecular flexibility index (Phi) is 4.84. The molecule has 3 rings (SSSR count). The standard InChI is InChI=1S/C18H24N2O3/c1-23-14-6-4-5-13(11-14)7-8-19-17(21)15-12-16(15)18(22)20-9-2-3-10-20/h4-6,11,15-16H,2-3,7-10,12H2,1H3,(H,19,21). The van der Waals surface area contributed by atoms with E-state index in [9.17, 15) is 9.59 Å². The summed E-state index contributed by atoms with van der Waals surface area (Å²) in [5, 5.41) is 2.96. The monoisotopic (exact) mass is 316 g/mol. The quantitative estimate of drug-likeness (QED) is 0.867.